The van der Waals surface area contributed by atoms with Gasteiger partial charge in [0.25, 0.3) is 0 Å². The summed E-state index contributed by atoms with van der Waals surface area (Å²) in [6.07, 6.45) is 0. The van der Waals surface area contributed by atoms with Crippen molar-refractivity contribution >= 4 is 11.5 Å². The summed E-state index contributed by atoms with van der Waals surface area (Å²) in [5, 5.41) is 3.18. The molecule has 0 fully saturated rings. The van der Waals surface area contributed by atoms with Gasteiger partial charge < -0.3 is 10.1 Å². The molecule has 4 heteroatoms. The number of ether oxygens (including phenoxy) is 1. The summed E-state index contributed by atoms with van der Waals surface area (Å²) in [4.78, 5) is 7.71. The molecule has 20 heavy (non-hydrogen) atoms. The van der Waals surface area contributed by atoms with Gasteiger partial charge in [-0.3, -0.25) is 0 Å². The Morgan fingerprint density at radius 2 is 2.00 bits per heavy atom. The van der Waals surface area contributed by atoms with Crippen LogP contribution in [0.15, 0.2) is 42.5 Å². The Hall–Kier alpha value is -2.38. The number of nitrogens with zero attached hydrogens (tertiary/aromatic N) is 2. The van der Waals surface area contributed by atoms with Crippen molar-refractivity contribution in [2.75, 3.05) is 18.5 Å². The molecule has 0 bridgehead atoms. The van der Waals surface area contributed by atoms with E-state index in [0.29, 0.717) is 25.4 Å². The number of anilines is 1. The van der Waals surface area contributed by atoms with Crippen molar-refractivity contribution in [2.24, 2.45) is 0 Å². The van der Waals surface area contributed by atoms with Crippen molar-refractivity contribution in [2.45, 2.75) is 13.5 Å². The molecular formula is C16H17N3O. The second-order valence-corrected chi connectivity index (χ2v) is 4.38. The van der Waals surface area contributed by atoms with E-state index in [9.17, 15) is 0 Å². The van der Waals surface area contributed by atoms with Crippen LogP contribution in [0.25, 0.3) is 4.85 Å². The van der Waals surface area contributed by atoms with Crippen LogP contribution in [-0.2, 0) is 11.3 Å². The lowest BCUT2D eigenvalue weighted by Crippen LogP contribution is -2.10. The van der Waals surface area contributed by atoms with Crippen molar-refractivity contribution in [3.05, 3.63) is 65.1 Å². The van der Waals surface area contributed by atoms with Gasteiger partial charge in [0.2, 0.25) is 5.69 Å². The lowest BCUT2D eigenvalue weighted by molar-refractivity contribution is 0.130. The first-order valence-electron chi connectivity index (χ1n) is 6.50. The Morgan fingerprint density at radius 3 is 2.70 bits per heavy atom. The van der Waals surface area contributed by atoms with Crippen LogP contribution in [0.2, 0.25) is 0 Å². The molecule has 1 aromatic heterocycles. The van der Waals surface area contributed by atoms with E-state index in [-0.39, 0.29) is 0 Å². The zero-order chi connectivity index (χ0) is 14.2. The van der Waals surface area contributed by atoms with Crippen molar-refractivity contribution in [1.29, 1.82) is 0 Å². The summed E-state index contributed by atoms with van der Waals surface area (Å²) in [5.41, 5.74) is 2.51. The van der Waals surface area contributed by atoms with Crippen LogP contribution < -0.4 is 5.32 Å². The second kappa shape index (κ2) is 7.27. The van der Waals surface area contributed by atoms with Gasteiger partial charge in [0.05, 0.1) is 19.8 Å². The fourth-order valence-electron chi connectivity index (χ4n) is 1.79. The largest absolute Gasteiger partial charge is 0.375 e. The van der Waals surface area contributed by atoms with Crippen molar-refractivity contribution in [1.82, 2.24) is 4.98 Å². The number of nitrogens with one attached hydrogen (secondary N) is 1. The predicted molar refractivity (Wildman–Crippen MR) is 79.8 cm³/mol. The van der Waals surface area contributed by atoms with E-state index in [1.807, 2.05) is 43.3 Å². The zero-order valence-electron chi connectivity index (χ0n) is 11.5. The van der Waals surface area contributed by atoms with E-state index in [0.717, 1.165) is 11.5 Å². The monoisotopic (exact) mass is 267 g/mol. The number of aryl methyl sites for hydroxylation is 1. The standard InChI is InChI=1S/C16H17N3O/c1-13-15(17-2)8-9-16(19-13)18-10-11-20-12-14-6-4-3-5-7-14/h3-9H,10-12H2,1H3,(H,18,19). The first kappa shape index (κ1) is 14.0. The summed E-state index contributed by atoms with van der Waals surface area (Å²) in [6.45, 7) is 10.7. The van der Waals surface area contributed by atoms with Gasteiger partial charge in [-0.15, -0.1) is 0 Å². The van der Waals surface area contributed by atoms with E-state index >= 15 is 0 Å². The van der Waals surface area contributed by atoms with Crippen LogP contribution in [0.4, 0.5) is 11.5 Å². The third-order valence-electron chi connectivity index (χ3n) is 2.84. The molecule has 0 aliphatic rings. The van der Waals surface area contributed by atoms with Crippen LogP contribution in [0, 0.1) is 13.5 Å². The molecule has 0 atom stereocenters. The number of hydrogen-bond acceptors (Lipinski definition) is 3. The third kappa shape index (κ3) is 4.08. The molecule has 0 unspecified atom stereocenters. The molecular weight excluding hydrogens is 250 g/mol. The summed E-state index contributed by atoms with van der Waals surface area (Å²) >= 11 is 0. The highest BCUT2D eigenvalue weighted by atomic mass is 16.5. The summed E-state index contributed by atoms with van der Waals surface area (Å²) in [7, 11) is 0. The van der Waals surface area contributed by atoms with E-state index in [4.69, 9.17) is 11.3 Å². The Bertz CT molecular complexity index is 590. The first-order valence-corrected chi connectivity index (χ1v) is 6.50. The fraction of sp³-hybridized carbons (Fsp3) is 0.250. The Kier molecular flexibility index (Phi) is 5.10. The van der Waals surface area contributed by atoms with Crippen LogP contribution in [0.1, 0.15) is 11.3 Å². The van der Waals surface area contributed by atoms with E-state index in [1.54, 1.807) is 6.07 Å². The molecule has 0 saturated carbocycles. The lowest BCUT2D eigenvalue weighted by Gasteiger charge is -2.08. The number of pyridine rings is 1. The van der Waals surface area contributed by atoms with Gasteiger partial charge in [-0.05, 0) is 18.6 Å². The van der Waals surface area contributed by atoms with Crippen LogP contribution in [-0.4, -0.2) is 18.1 Å². The quantitative estimate of drug-likeness (QED) is 0.642. The normalized spacial score (nSPS) is 10.0. The fourth-order valence-corrected chi connectivity index (χ4v) is 1.79. The molecule has 102 valence electrons. The average Bonchev–Trinajstić information content (AvgIpc) is 2.48. The lowest BCUT2D eigenvalue weighted by atomic mass is 10.2. The van der Waals surface area contributed by atoms with Gasteiger partial charge in [-0.25, -0.2) is 9.83 Å². The molecule has 2 aromatic rings. The molecule has 0 spiro atoms. The van der Waals surface area contributed by atoms with E-state index < -0.39 is 0 Å². The molecule has 0 aliphatic carbocycles. The van der Waals surface area contributed by atoms with Crippen LogP contribution in [0.5, 0.6) is 0 Å². The second-order valence-electron chi connectivity index (χ2n) is 4.38. The molecule has 4 nitrogen and oxygen atoms in total. The van der Waals surface area contributed by atoms with Crippen LogP contribution in [0.3, 0.4) is 0 Å². The van der Waals surface area contributed by atoms with Crippen molar-refractivity contribution < 1.29 is 4.74 Å². The minimum atomic E-state index is 0.593. The van der Waals surface area contributed by atoms with Crippen molar-refractivity contribution in [3.8, 4) is 0 Å². The Balaban J connectivity index is 1.71. The molecule has 2 rings (SSSR count). The summed E-state index contributed by atoms with van der Waals surface area (Å²) < 4.78 is 5.58. The van der Waals surface area contributed by atoms with Gasteiger partial charge >= 0.3 is 0 Å². The average molecular weight is 267 g/mol. The molecule has 0 amide bonds. The number of rotatable bonds is 6. The van der Waals surface area contributed by atoms with Crippen LogP contribution >= 0.6 is 0 Å². The highest BCUT2D eigenvalue weighted by Crippen LogP contribution is 2.18. The van der Waals surface area contributed by atoms with Gasteiger partial charge in [0.15, 0.2) is 0 Å². The molecule has 1 N–H and O–H groups in total. The maximum atomic E-state index is 6.97. The van der Waals surface area contributed by atoms with E-state index in [1.165, 1.54) is 5.56 Å². The summed E-state index contributed by atoms with van der Waals surface area (Å²) in [5.74, 6) is 0.776. The van der Waals surface area contributed by atoms with Gasteiger partial charge in [-0.2, -0.15) is 0 Å². The first-order chi connectivity index (χ1) is 9.79. The molecule has 1 aromatic carbocycles. The van der Waals surface area contributed by atoms with Gasteiger partial charge in [0.1, 0.15) is 5.82 Å². The zero-order valence-corrected chi connectivity index (χ0v) is 11.5. The van der Waals surface area contributed by atoms with Gasteiger partial charge in [-0.1, -0.05) is 36.4 Å². The molecule has 0 saturated heterocycles. The highest BCUT2D eigenvalue weighted by Gasteiger charge is 2.00. The molecule has 1 heterocycles. The number of benzene rings is 1. The summed E-state index contributed by atoms with van der Waals surface area (Å²) in [6, 6.07) is 13.7. The predicted octanol–water partition coefficient (Wildman–Crippen LogP) is 3.57. The maximum Gasteiger partial charge on any atom is 0.208 e. The maximum absolute atomic E-state index is 6.97. The molecule has 0 radical (unpaired) electrons. The smallest absolute Gasteiger partial charge is 0.208 e. The third-order valence-corrected chi connectivity index (χ3v) is 2.84. The topological polar surface area (TPSA) is 38.5 Å². The highest BCUT2D eigenvalue weighted by molar-refractivity contribution is 5.53. The number of hydrogen-bond donors (Lipinski definition) is 1. The number of aromatic nitrogens is 1. The molecule has 0 aliphatic heterocycles. The minimum absolute atomic E-state index is 0.593. The van der Waals surface area contributed by atoms with E-state index in [2.05, 4.69) is 15.1 Å². The van der Waals surface area contributed by atoms with Crippen molar-refractivity contribution in [3.63, 3.8) is 0 Å². The van der Waals surface area contributed by atoms with Gasteiger partial charge in [0, 0.05) is 12.2 Å². The Labute approximate surface area is 119 Å². The SMILES string of the molecule is [C-]#[N+]c1ccc(NCCOCc2ccccc2)nc1C. The Morgan fingerprint density at radius 1 is 1.20 bits per heavy atom. The minimum Gasteiger partial charge on any atom is -0.375 e.